The van der Waals surface area contributed by atoms with Crippen LogP contribution in [-0.2, 0) is 17.8 Å². The predicted molar refractivity (Wildman–Crippen MR) is 128 cm³/mol. The fraction of sp³-hybridized carbons (Fsp3) is 0.240. The molecule has 0 unspecified atom stereocenters. The van der Waals surface area contributed by atoms with Crippen LogP contribution in [0.5, 0.6) is 0 Å². The summed E-state index contributed by atoms with van der Waals surface area (Å²) in [5.74, 6) is -0.609. The van der Waals surface area contributed by atoms with E-state index in [1.54, 1.807) is 11.3 Å². The van der Waals surface area contributed by atoms with Crippen LogP contribution in [0.3, 0.4) is 0 Å². The maximum atomic E-state index is 13.1. The van der Waals surface area contributed by atoms with Crippen molar-refractivity contribution >= 4 is 40.0 Å². The molecule has 3 amide bonds. The van der Waals surface area contributed by atoms with E-state index in [0.29, 0.717) is 18.5 Å². The van der Waals surface area contributed by atoms with E-state index in [0.717, 1.165) is 32.8 Å². The van der Waals surface area contributed by atoms with Crippen molar-refractivity contribution in [3.05, 3.63) is 81.4 Å². The molecule has 2 N–H and O–H groups in total. The number of hydrogen-bond donors (Lipinski definition) is 2. The van der Waals surface area contributed by atoms with Gasteiger partial charge in [0.2, 0.25) is 0 Å². The molecule has 4 heterocycles. The normalized spacial score (nSPS) is 16.1. The molecule has 5 rings (SSSR count). The van der Waals surface area contributed by atoms with Gasteiger partial charge in [0.05, 0.1) is 13.1 Å². The van der Waals surface area contributed by atoms with Gasteiger partial charge in [-0.25, -0.2) is 4.79 Å². The number of ketones is 1. The van der Waals surface area contributed by atoms with E-state index in [-0.39, 0.29) is 18.2 Å². The number of thiophene rings is 1. The first-order valence-corrected chi connectivity index (χ1v) is 11.7. The molecule has 33 heavy (non-hydrogen) atoms. The molecule has 1 aromatic carbocycles. The molecule has 0 saturated carbocycles. The minimum Gasteiger partial charge on any atom is -0.361 e. The van der Waals surface area contributed by atoms with Crippen LogP contribution in [0.15, 0.2) is 54.0 Å². The Balaban J connectivity index is 1.31. The third-order valence-electron chi connectivity index (χ3n) is 6.28. The number of carbonyl (C=O) groups excluding carboxylic acids is 3. The van der Waals surface area contributed by atoms with E-state index in [9.17, 15) is 14.4 Å². The second-order valence-corrected chi connectivity index (χ2v) is 9.40. The molecule has 0 radical (unpaired) electrons. The summed E-state index contributed by atoms with van der Waals surface area (Å²) in [5, 5.41) is 5.79. The number of hydrogen-bond acceptors (Lipinski definition) is 4. The van der Waals surface area contributed by atoms with E-state index < -0.39 is 12.1 Å². The number of imide groups is 1. The highest BCUT2D eigenvalue weighted by atomic mass is 32.1. The Labute approximate surface area is 195 Å². The molecule has 3 aromatic heterocycles. The first kappa shape index (κ1) is 21.2. The number of aromatic amines is 1. The lowest BCUT2D eigenvalue weighted by molar-refractivity contribution is -0.127. The number of nitrogens with one attached hydrogen (secondary N) is 2. The van der Waals surface area contributed by atoms with Crippen LogP contribution in [0.4, 0.5) is 4.79 Å². The van der Waals surface area contributed by atoms with Crippen LogP contribution in [0.25, 0.3) is 10.9 Å². The van der Waals surface area contributed by atoms with Crippen molar-refractivity contribution < 1.29 is 14.4 Å². The summed E-state index contributed by atoms with van der Waals surface area (Å²) in [6, 6.07) is 12.5. The quantitative estimate of drug-likeness (QED) is 0.322. The molecule has 1 atom stereocenters. The van der Waals surface area contributed by atoms with E-state index in [4.69, 9.17) is 0 Å². The largest absolute Gasteiger partial charge is 0.361 e. The number of aryl methyl sites for hydroxylation is 1. The summed E-state index contributed by atoms with van der Waals surface area (Å²) in [6.07, 6.45) is 2.23. The van der Waals surface area contributed by atoms with E-state index in [2.05, 4.69) is 20.9 Å². The van der Waals surface area contributed by atoms with Gasteiger partial charge >= 0.3 is 6.03 Å². The van der Waals surface area contributed by atoms with Crippen LogP contribution in [0.1, 0.15) is 32.2 Å². The van der Waals surface area contributed by atoms with Crippen molar-refractivity contribution in [2.24, 2.45) is 0 Å². The number of rotatable bonds is 7. The Morgan fingerprint density at radius 2 is 1.94 bits per heavy atom. The van der Waals surface area contributed by atoms with Gasteiger partial charge in [0.25, 0.3) is 5.91 Å². The standard InChI is InChI=1S/C25H24N4O3S/c1-15-10-20(16(2)28(15)13-18-6-5-9-33-18)23(30)14-29-24(31)22(27-25(29)32)11-17-12-26-21-8-4-3-7-19(17)21/h3-10,12,22,26H,11,13-14H2,1-2H3,(H,27,32)/t22-/m0/s1. The van der Waals surface area contributed by atoms with E-state index in [1.165, 1.54) is 4.88 Å². The number of carbonyl (C=O) groups is 3. The molecule has 8 heteroatoms. The number of urea groups is 1. The van der Waals surface area contributed by atoms with E-state index >= 15 is 0 Å². The summed E-state index contributed by atoms with van der Waals surface area (Å²) in [5.41, 5.74) is 4.29. The number of Topliss-reactive ketones (excluding diaryl/α,β-unsaturated/α-hetero) is 1. The molecular weight excluding hydrogens is 436 g/mol. The summed E-state index contributed by atoms with van der Waals surface area (Å²) >= 11 is 1.67. The number of fused-ring (bicyclic) bond motifs is 1. The molecule has 1 aliphatic rings. The van der Waals surface area contributed by atoms with Crippen LogP contribution >= 0.6 is 11.3 Å². The van der Waals surface area contributed by atoms with Crippen molar-refractivity contribution in [1.82, 2.24) is 19.8 Å². The fourth-order valence-corrected chi connectivity index (χ4v) is 5.19. The van der Waals surface area contributed by atoms with Gasteiger partial charge in [-0.3, -0.25) is 14.5 Å². The summed E-state index contributed by atoms with van der Waals surface area (Å²) in [4.78, 5) is 44.1. The van der Waals surface area contributed by atoms with Gasteiger partial charge in [-0.2, -0.15) is 0 Å². The number of aromatic nitrogens is 2. The predicted octanol–water partition coefficient (Wildman–Crippen LogP) is 4.04. The molecule has 0 aliphatic carbocycles. The topological polar surface area (TPSA) is 87.2 Å². The van der Waals surface area contributed by atoms with Crippen LogP contribution in [0.2, 0.25) is 0 Å². The second-order valence-electron chi connectivity index (χ2n) is 8.36. The zero-order chi connectivity index (χ0) is 23.1. The Bertz CT molecular complexity index is 1370. The van der Waals surface area contributed by atoms with Gasteiger partial charge in [-0.05, 0) is 43.0 Å². The SMILES string of the molecule is Cc1cc(C(=O)CN2C(=O)N[C@@H](Cc3c[nH]c4ccccc34)C2=O)c(C)n1Cc1cccs1. The number of para-hydroxylation sites is 1. The zero-order valence-corrected chi connectivity index (χ0v) is 19.2. The number of benzene rings is 1. The Morgan fingerprint density at radius 1 is 1.12 bits per heavy atom. The lowest BCUT2D eigenvalue weighted by Gasteiger charge is -2.13. The fourth-order valence-electron chi connectivity index (χ4n) is 4.50. The third kappa shape index (κ3) is 3.87. The Morgan fingerprint density at radius 3 is 2.73 bits per heavy atom. The molecule has 7 nitrogen and oxygen atoms in total. The van der Waals surface area contributed by atoms with Gasteiger partial charge in [-0.1, -0.05) is 24.3 Å². The Kier molecular flexibility index (Phi) is 5.38. The maximum absolute atomic E-state index is 13.1. The van der Waals surface area contributed by atoms with Crippen molar-refractivity contribution in [2.75, 3.05) is 6.54 Å². The zero-order valence-electron chi connectivity index (χ0n) is 18.4. The first-order valence-electron chi connectivity index (χ1n) is 10.8. The van der Waals surface area contributed by atoms with Crippen LogP contribution < -0.4 is 5.32 Å². The van der Waals surface area contributed by atoms with Crippen molar-refractivity contribution in [2.45, 2.75) is 32.9 Å². The molecule has 4 aromatic rings. The van der Waals surface area contributed by atoms with Gasteiger partial charge in [0.1, 0.15) is 6.04 Å². The number of amides is 3. The first-order chi connectivity index (χ1) is 15.9. The molecule has 168 valence electrons. The van der Waals surface area contributed by atoms with Crippen molar-refractivity contribution in [3.8, 4) is 0 Å². The monoisotopic (exact) mass is 460 g/mol. The Hall–Kier alpha value is -3.65. The van der Waals surface area contributed by atoms with E-state index in [1.807, 2.05) is 61.8 Å². The number of H-pyrrole nitrogens is 1. The van der Waals surface area contributed by atoms with Gasteiger partial charge in [-0.15, -0.1) is 11.3 Å². The smallest absolute Gasteiger partial charge is 0.325 e. The van der Waals surface area contributed by atoms with Crippen LogP contribution in [-0.4, -0.2) is 44.8 Å². The average molecular weight is 461 g/mol. The van der Waals surface area contributed by atoms with Crippen molar-refractivity contribution in [1.29, 1.82) is 0 Å². The summed E-state index contributed by atoms with van der Waals surface area (Å²) < 4.78 is 2.09. The highest BCUT2D eigenvalue weighted by Crippen LogP contribution is 2.23. The molecular formula is C25H24N4O3S. The summed E-state index contributed by atoms with van der Waals surface area (Å²) in [7, 11) is 0. The second kappa shape index (κ2) is 8.37. The minimum absolute atomic E-state index is 0.239. The highest BCUT2D eigenvalue weighted by Gasteiger charge is 2.39. The van der Waals surface area contributed by atoms with Gasteiger partial charge in [0, 0.05) is 45.3 Å². The highest BCUT2D eigenvalue weighted by molar-refractivity contribution is 7.09. The lowest BCUT2D eigenvalue weighted by Crippen LogP contribution is -2.36. The minimum atomic E-state index is -0.684. The molecule has 1 saturated heterocycles. The number of nitrogens with zero attached hydrogens (tertiary/aromatic N) is 2. The average Bonchev–Trinajstić information content (AvgIpc) is 3.57. The molecule has 1 aliphatic heterocycles. The van der Waals surface area contributed by atoms with Gasteiger partial charge < -0.3 is 14.9 Å². The van der Waals surface area contributed by atoms with Crippen LogP contribution in [0, 0.1) is 13.8 Å². The molecule has 1 fully saturated rings. The maximum Gasteiger partial charge on any atom is 0.325 e. The molecule has 0 spiro atoms. The molecule has 0 bridgehead atoms. The van der Waals surface area contributed by atoms with Gasteiger partial charge in [0.15, 0.2) is 5.78 Å². The summed E-state index contributed by atoms with van der Waals surface area (Å²) in [6.45, 7) is 4.29. The van der Waals surface area contributed by atoms with Crippen molar-refractivity contribution in [3.63, 3.8) is 0 Å². The lowest BCUT2D eigenvalue weighted by atomic mass is 10.0. The third-order valence-corrected chi connectivity index (χ3v) is 7.14.